The van der Waals surface area contributed by atoms with E-state index in [-0.39, 0.29) is 224 Å². The van der Waals surface area contributed by atoms with Crippen LogP contribution in [0.5, 0.6) is 0 Å². The maximum atomic E-state index is 2.38. The van der Waals surface area contributed by atoms with E-state index in [2.05, 4.69) is 360 Å². The van der Waals surface area contributed by atoms with Crippen molar-refractivity contribution in [2.75, 3.05) is 0 Å². The van der Waals surface area contributed by atoms with Gasteiger partial charge in [-0.15, -0.1) is 0 Å². The Morgan fingerprint density at radius 2 is 0.457 bits per heavy atom. The van der Waals surface area contributed by atoms with E-state index in [9.17, 15) is 0 Å². The van der Waals surface area contributed by atoms with Gasteiger partial charge in [0.05, 0.1) is 58.7 Å². The molecule has 0 radical (unpaired) electrons. The number of unbranched alkanes of at least 4 members (excludes halogenated alkanes) is 3. The molecule has 4 aromatic carbocycles. The molecule has 0 amide bonds. The Hall–Kier alpha value is 0.853. The summed E-state index contributed by atoms with van der Waals surface area (Å²) in [6.07, 6.45) is 5.54. The van der Waals surface area contributed by atoms with Crippen LogP contribution in [-0.2, 0) is 149 Å². The average molecular weight is 1720 g/mol. The fourth-order valence-electron chi connectivity index (χ4n) is 8.57. The molecule has 0 fully saturated rings. The van der Waals surface area contributed by atoms with Gasteiger partial charge in [0, 0.05) is 254 Å². The summed E-state index contributed by atoms with van der Waals surface area (Å²) in [6, 6.07) is 37.5. The fourth-order valence-corrected chi connectivity index (χ4v) is 8.57. The van der Waals surface area contributed by atoms with Gasteiger partial charge in [0.15, 0.2) is 0 Å². The molecule has 0 saturated carbocycles. The molecule has 534 valence electrons. The van der Waals surface area contributed by atoms with Gasteiger partial charge in [-0.1, -0.05) is 164 Å². The van der Waals surface area contributed by atoms with E-state index in [0.29, 0.717) is 0 Å². The number of hydrogen-bond acceptors (Lipinski definition) is 0. The van der Waals surface area contributed by atoms with Crippen molar-refractivity contribution in [1.29, 1.82) is 0 Å². The standard InChI is InChI=1S/4C19H31.C6H14.6ClH.4Mo/c4*1-17(2,3)14-10-11-15(18(4,5)6)13-16(12-14)19(7,8)9;1-3-5-6-4-2;;;;;;;;;;/h4*10-13H,1-9H3;3-6H2,1-2H3;6*1H;;;;/q4*+1;;;;;;;;;;;/p-6. The molecule has 0 nitrogen and oxygen atoms in total. The largest absolute Gasteiger partial charge is 1.00 e. The summed E-state index contributed by atoms with van der Waals surface area (Å²) < 4.78 is 0. The molecule has 0 heterocycles. The van der Waals surface area contributed by atoms with Crippen molar-refractivity contribution in [2.45, 2.75) is 354 Å². The Morgan fingerprint density at radius 3 is 0.620 bits per heavy atom. The van der Waals surface area contributed by atoms with E-state index < -0.39 is 0 Å². The second kappa shape index (κ2) is 45.7. The summed E-state index contributed by atoms with van der Waals surface area (Å²) in [4.78, 5) is 0. The van der Waals surface area contributed by atoms with Gasteiger partial charge >= 0.3 is 0 Å². The summed E-state index contributed by atoms with van der Waals surface area (Å²) in [5.41, 5.74) is 19.2. The Balaban J connectivity index is -0.0000000989. The molecular weight excluding hydrogens is 1580 g/mol. The van der Waals surface area contributed by atoms with Gasteiger partial charge in [0.2, 0.25) is 0 Å². The van der Waals surface area contributed by atoms with Crippen LogP contribution >= 0.6 is 0 Å². The van der Waals surface area contributed by atoms with Gasteiger partial charge in [-0.2, -0.15) is 0 Å². The smallest absolute Gasteiger partial charge is 0.0656 e. The van der Waals surface area contributed by atoms with Crippen molar-refractivity contribution >= 4 is 0 Å². The van der Waals surface area contributed by atoms with Crippen molar-refractivity contribution < 1.29 is 159 Å². The van der Waals surface area contributed by atoms with Crippen LogP contribution in [0, 0.1) is 0 Å². The number of rotatable bonds is 3. The zero-order chi connectivity index (χ0) is 65.1. The summed E-state index contributed by atoms with van der Waals surface area (Å²) in [7, 11) is 0. The van der Waals surface area contributed by atoms with Crippen molar-refractivity contribution in [1.82, 2.24) is 0 Å². The third-order valence-corrected chi connectivity index (χ3v) is 15.6. The third-order valence-electron chi connectivity index (χ3n) is 15.6. The zero-order valence-electron chi connectivity index (χ0n) is 66.0. The second-order valence-electron chi connectivity index (χ2n) is 36.7. The van der Waals surface area contributed by atoms with Crippen LogP contribution in [0.25, 0.3) is 0 Å². The summed E-state index contributed by atoms with van der Waals surface area (Å²) in [5, 5.41) is 0. The molecular formula is C82H138Cl6Mo4-2. The van der Waals surface area contributed by atoms with Crippen LogP contribution in [0.1, 0.15) is 356 Å². The topological polar surface area (TPSA) is 0 Å². The van der Waals surface area contributed by atoms with Crippen molar-refractivity contribution in [3.05, 3.63) is 164 Å². The fraction of sp³-hybridized carbons (Fsp3) is 0.659. The van der Waals surface area contributed by atoms with Crippen LogP contribution in [0.15, 0.2) is 97.1 Å². The van der Waals surface area contributed by atoms with Crippen LogP contribution in [0.4, 0.5) is 0 Å². The maximum Gasteiger partial charge on any atom is 0.0656 e. The molecule has 0 aliphatic rings. The van der Waals surface area contributed by atoms with E-state index >= 15 is 0 Å². The van der Waals surface area contributed by atoms with Crippen molar-refractivity contribution in [2.24, 2.45) is 0 Å². The van der Waals surface area contributed by atoms with E-state index in [1.54, 1.807) is 0 Å². The van der Waals surface area contributed by atoms with Gasteiger partial charge in [-0.05, 0) is 125 Å². The molecule has 0 aromatic heterocycles. The SMILES string of the molecule is CC(C)(C)c1c[cH+]c(C(C)(C)C)cc(C(C)(C)C)c1.CC(C)(C)c1c[cH+]c(C(C)(C)C)cc(C(C)(C)C)c1.CC(C)(C)c1cc[c+](C(C)(C)C)cc(C(C)(C)C)c1.CC(C)(C)c1cc[c+](C(C)(C)C)cc(C(C)(C)C)c1.CCCCCC.[Cl-].[Cl-].[Cl-].[Cl-].[Cl-].[Cl-].[Mo].[Mo].[Mo].[Mo]. The van der Waals surface area contributed by atoms with E-state index in [4.69, 9.17) is 0 Å². The molecule has 4 aromatic rings. The molecule has 0 atom stereocenters. The predicted octanol–water partition coefficient (Wildman–Crippen LogP) is 8.04. The second-order valence-corrected chi connectivity index (χ2v) is 36.7. The first-order valence-electron chi connectivity index (χ1n) is 32.2. The van der Waals surface area contributed by atoms with Crippen molar-refractivity contribution in [3.8, 4) is 0 Å². The number of halogens is 6. The predicted molar refractivity (Wildman–Crippen MR) is 378 cm³/mol. The normalized spacial score (nSPS) is 11.8. The minimum absolute atomic E-state index is 0. The molecule has 0 unspecified atom stereocenters. The Kier molecular flexibility index (Phi) is 58.0. The van der Waals surface area contributed by atoms with Crippen LogP contribution < -0.4 is 74.4 Å². The molecule has 0 bridgehead atoms. The van der Waals surface area contributed by atoms with Crippen LogP contribution in [0.3, 0.4) is 0 Å². The minimum Gasteiger partial charge on any atom is -1.00 e. The Labute approximate surface area is 669 Å². The Morgan fingerprint density at radius 1 is 0.261 bits per heavy atom. The van der Waals surface area contributed by atoms with E-state index in [0.717, 1.165) is 0 Å². The molecule has 92 heavy (non-hydrogen) atoms. The van der Waals surface area contributed by atoms with Gasteiger partial charge in [-0.3, -0.25) is 0 Å². The zero-order valence-corrected chi connectivity index (χ0v) is 78.5. The first kappa shape index (κ1) is 117. The van der Waals surface area contributed by atoms with Gasteiger partial charge < -0.3 is 74.4 Å². The number of hydrogen-bond donors (Lipinski definition) is 0. The van der Waals surface area contributed by atoms with Gasteiger partial charge in [0.1, 0.15) is 0 Å². The molecule has 10 heteroatoms. The Bertz CT molecular complexity index is 2140. The van der Waals surface area contributed by atoms with E-state index in [1.807, 2.05) is 0 Å². The molecule has 0 aliphatic carbocycles. The van der Waals surface area contributed by atoms with Gasteiger partial charge in [0.25, 0.3) is 0 Å². The average Bonchev–Trinajstić information content (AvgIpc) is 3.83. The summed E-state index contributed by atoms with van der Waals surface area (Å²) in [6.45, 7) is 86.8. The van der Waals surface area contributed by atoms with Crippen LogP contribution in [0.2, 0.25) is 0 Å². The van der Waals surface area contributed by atoms with Gasteiger partial charge in [-0.25, -0.2) is 0 Å². The molecule has 4 rings (SSSR count). The van der Waals surface area contributed by atoms with Crippen molar-refractivity contribution in [3.63, 3.8) is 0 Å². The quantitative estimate of drug-likeness (QED) is 0.111. The monoisotopic (exact) mass is 1720 g/mol. The minimum atomic E-state index is 0. The molecule has 0 N–H and O–H groups in total. The summed E-state index contributed by atoms with van der Waals surface area (Å²) >= 11 is 0. The molecule has 0 aliphatic heterocycles. The molecule has 0 saturated heterocycles. The third kappa shape index (κ3) is 44.9. The first-order chi connectivity index (χ1) is 36.2. The first-order valence-corrected chi connectivity index (χ1v) is 32.2. The molecule has 0 spiro atoms. The summed E-state index contributed by atoms with van der Waals surface area (Å²) in [5.74, 6) is 0. The van der Waals surface area contributed by atoms with Crippen LogP contribution in [-0.4, -0.2) is 0 Å². The van der Waals surface area contributed by atoms with E-state index in [1.165, 1.54) is 92.4 Å². The maximum absolute atomic E-state index is 2.38.